The maximum Gasteiger partial charge on any atom is 0.260 e. The second kappa shape index (κ2) is 9.01. The predicted molar refractivity (Wildman–Crippen MR) is 124 cm³/mol. The van der Waals surface area contributed by atoms with Gasteiger partial charge in [-0.05, 0) is 56.9 Å². The van der Waals surface area contributed by atoms with E-state index in [1.54, 1.807) is 24.0 Å². The Morgan fingerprint density at radius 3 is 2.57 bits per heavy atom. The van der Waals surface area contributed by atoms with E-state index in [9.17, 15) is 13.2 Å². The first-order chi connectivity index (χ1) is 14.1. The number of likely N-dealkylation sites (N-methyl/N-ethyl adjacent to an activating group) is 1. The van der Waals surface area contributed by atoms with E-state index in [-0.39, 0.29) is 16.6 Å². The Bertz CT molecular complexity index is 1190. The molecule has 0 atom stereocenters. The van der Waals surface area contributed by atoms with Crippen molar-refractivity contribution < 1.29 is 13.2 Å². The molecule has 1 heterocycles. The number of benzene rings is 2. The third kappa shape index (κ3) is 4.83. The van der Waals surface area contributed by atoms with Gasteiger partial charge < -0.3 is 4.90 Å². The van der Waals surface area contributed by atoms with Crippen LogP contribution in [-0.2, 0) is 9.84 Å². The number of amides is 1. The Morgan fingerprint density at radius 2 is 1.90 bits per heavy atom. The third-order valence-electron chi connectivity index (χ3n) is 4.71. The molecule has 1 amide bonds. The number of hydrogen-bond donors (Lipinski definition) is 0. The lowest BCUT2D eigenvalue weighted by Crippen LogP contribution is -2.36. The number of halogens is 1. The lowest BCUT2D eigenvalue weighted by Gasteiger charge is -2.22. The van der Waals surface area contributed by atoms with Gasteiger partial charge in [-0.1, -0.05) is 35.9 Å². The van der Waals surface area contributed by atoms with Gasteiger partial charge in [-0.3, -0.25) is 9.69 Å². The van der Waals surface area contributed by atoms with Crippen molar-refractivity contribution in [3.05, 3.63) is 52.5 Å². The predicted octanol–water partition coefficient (Wildman–Crippen LogP) is 4.26. The molecule has 0 saturated carbocycles. The van der Waals surface area contributed by atoms with Crippen molar-refractivity contribution in [2.24, 2.45) is 0 Å². The highest BCUT2D eigenvalue weighted by Gasteiger charge is 2.23. The third-order valence-corrected chi connectivity index (χ3v) is 7.68. The van der Waals surface area contributed by atoms with E-state index in [1.165, 1.54) is 23.5 Å². The molecule has 0 fully saturated rings. The first-order valence-electron chi connectivity index (χ1n) is 9.48. The fraction of sp³-hybridized carbons (Fsp3) is 0.333. The zero-order valence-electron chi connectivity index (χ0n) is 17.3. The van der Waals surface area contributed by atoms with Crippen LogP contribution in [0.15, 0.2) is 41.3 Å². The van der Waals surface area contributed by atoms with Gasteiger partial charge in [0.05, 0.1) is 20.9 Å². The molecule has 3 aromatic rings. The summed E-state index contributed by atoms with van der Waals surface area (Å²) in [4.78, 5) is 21.8. The number of thiazole rings is 1. The summed E-state index contributed by atoms with van der Waals surface area (Å²) in [5, 5.41) is 1.19. The summed E-state index contributed by atoms with van der Waals surface area (Å²) >= 11 is 7.58. The minimum absolute atomic E-state index is 0.0209. The van der Waals surface area contributed by atoms with Crippen molar-refractivity contribution in [1.82, 2.24) is 9.88 Å². The van der Waals surface area contributed by atoms with Crippen LogP contribution in [0, 0.1) is 6.92 Å². The Morgan fingerprint density at radius 1 is 1.17 bits per heavy atom. The van der Waals surface area contributed by atoms with Crippen LogP contribution in [0.3, 0.4) is 0 Å². The molecule has 6 nitrogen and oxygen atoms in total. The number of hydrogen-bond acceptors (Lipinski definition) is 6. The summed E-state index contributed by atoms with van der Waals surface area (Å²) in [6.07, 6.45) is 0. The molecule has 3 rings (SSSR count). The molecule has 160 valence electrons. The van der Waals surface area contributed by atoms with Crippen LogP contribution in [0.5, 0.6) is 0 Å². The Kier molecular flexibility index (Phi) is 6.81. The van der Waals surface area contributed by atoms with E-state index in [2.05, 4.69) is 0 Å². The molecule has 0 saturated heterocycles. The maximum absolute atomic E-state index is 13.4. The van der Waals surface area contributed by atoms with Crippen molar-refractivity contribution in [2.45, 2.75) is 18.7 Å². The van der Waals surface area contributed by atoms with E-state index in [0.717, 1.165) is 15.8 Å². The fourth-order valence-corrected chi connectivity index (χ4v) is 5.36. The summed E-state index contributed by atoms with van der Waals surface area (Å²) in [5.74, 6) is -0.305. The molecule has 0 aliphatic carbocycles. The molecule has 0 radical (unpaired) electrons. The van der Waals surface area contributed by atoms with E-state index >= 15 is 0 Å². The van der Waals surface area contributed by atoms with Crippen LogP contribution in [0.4, 0.5) is 5.13 Å². The molecular formula is C21H24ClN3O3S2. The number of aryl methyl sites for hydroxylation is 1. The van der Waals surface area contributed by atoms with Crippen molar-refractivity contribution in [3.8, 4) is 0 Å². The van der Waals surface area contributed by atoms with E-state index < -0.39 is 9.84 Å². The first kappa shape index (κ1) is 22.7. The SMILES string of the molecule is CCS(=O)(=O)c1cccc(C(=O)N(CCN(C)C)c2nc3c(C)cc(Cl)cc3s2)c1. The number of rotatable bonds is 7. The van der Waals surface area contributed by atoms with Gasteiger partial charge in [-0.25, -0.2) is 13.4 Å². The molecular weight excluding hydrogens is 442 g/mol. The van der Waals surface area contributed by atoms with Crippen molar-refractivity contribution in [3.63, 3.8) is 0 Å². The lowest BCUT2D eigenvalue weighted by molar-refractivity contribution is 0.0985. The van der Waals surface area contributed by atoms with Crippen LogP contribution in [0.25, 0.3) is 10.2 Å². The van der Waals surface area contributed by atoms with Gasteiger partial charge in [-0.15, -0.1) is 0 Å². The number of carbonyl (C=O) groups excluding carboxylic acids is 1. The standard InChI is InChI=1S/C21H24ClN3O3S2/c1-5-30(27,28)17-8-6-7-15(12-17)20(26)25(10-9-24(3)4)21-23-19-14(2)11-16(22)13-18(19)29-21/h6-8,11-13H,5,9-10H2,1-4H3. The van der Waals surface area contributed by atoms with Crippen molar-refractivity contribution >= 4 is 54.0 Å². The average molecular weight is 466 g/mol. The van der Waals surface area contributed by atoms with E-state index in [1.807, 2.05) is 38.1 Å². The second-order valence-corrected chi connectivity index (χ2v) is 11.0. The molecule has 0 spiro atoms. The molecule has 0 aliphatic heterocycles. The van der Waals surface area contributed by atoms with Gasteiger partial charge in [0, 0.05) is 23.7 Å². The normalized spacial score (nSPS) is 11.9. The van der Waals surface area contributed by atoms with Gasteiger partial charge >= 0.3 is 0 Å². The number of nitrogens with zero attached hydrogens (tertiary/aromatic N) is 3. The van der Waals surface area contributed by atoms with E-state index in [0.29, 0.717) is 28.8 Å². The molecule has 2 aromatic carbocycles. The monoisotopic (exact) mass is 465 g/mol. The minimum atomic E-state index is -3.41. The van der Waals surface area contributed by atoms with Crippen LogP contribution in [-0.4, -0.2) is 57.1 Å². The molecule has 30 heavy (non-hydrogen) atoms. The molecule has 9 heteroatoms. The number of fused-ring (bicyclic) bond motifs is 1. The molecule has 0 N–H and O–H groups in total. The zero-order valence-corrected chi connectivity index (χ0v) is 19.7. The van der Waals surface area contributed by atoms with Crippen LogP contribution in [0.2, 0.25) is 5.02 Å². The van der Waals surface area contributed by atoms with Gasteiger partial charge in [0.1, 0.15) is 0 Å². The quantitative estimate of drug-likeness (QED) is 0.521. The van der Waals surface area contributed by atoms with Gasteiger partial charge in [0.2, 0.25) is 0 Å². The molecule has 1 aromatic heterocycles. The van der Waals surface area contributed by atoms with Crippen LogP contribution >= 0.6 is 22.9 Å². The number of anilines is 1. The summed E-state index contributed by atoms with van der Waals surface area (Å²) in [7, 11) is 0.452. The summed E-state index contributed by atoms with van der Waals surface area (Å²) < 4.78 is 25.4. The molecule has 0 unspecified atom stereocenters. The minimum Gasteiger partial charge on any atom is -0.308 e. The van der Waals surface area contributed by atoms with Crippen LogP contribution < -0.4 is 4.90 Å². The highest BCUT2D eigenvalue weighted by Crippen LogP contribution is 2.33. The topological polar surface area (TPSA) is 70.6 Å². The second-order valence-electron chi connectivity index (χ2n) is 7.26. The fourth-order valence-electron chi connectivity index (χ4n) is 2.99. The van der Waals surface area contributed by atoms with Gasteiger partial charge in [0.25, 0.3) is 5.91 Å². The summed E-state index contributed by atoms with van der Waals surface area (Å²) in [5.41, 5.74) is 2.07. The van der Waals surface area contributed by atoms with Crippen LogP contribution in [0.1, 0.15) is 22.8 Å². The Hall–Kier alpha value is -2.00. The smallest absolute Gasteiger partial charge is 0.260 e. The van der Waals surface area contributed by atoms with Crippen molar-refractivity contribution in [1.29, 1.82) is 0 Å². The highest BCUT2D eigenvalue weighted by atomic mass is 35.5. The summed E-state index contributed by atoms with van der Waals surface area (Å²) in [6.45, 7) is 4.57. The number of aromatic nitrogens is 1. The number of sulfone groups is 1. The number of carbonyl (C=O) groups is 1. The zero-order chi connectivity index (χ0) is 22.1. The summed E-state index contributed by atoms with van der Waals surface area (Å²) in [6, 6.07) is 9.88. The average Bonchev–Trinajstić information content (AvgIpc) is 3.12. The largest absolute Gasteiger partial charge is 0.308 e. The molecule has 0 bridgehead atoms. The Labute approximate surface area is 186 Å². The first-order valence-corrected chi connectivity index (χ1v) is 12.3. The maximum atomic E-state index is 13.4. The Balaban J connectivity index is 2.05. The van der Waals surface area contributed by atoms with Gasteiger partial charge in [0.15, 0.2) is 15.0 Å². The highest BCUT2D eigenvalue weighted by molar-refractivity contribution is 7.91. The molecule has 0 aliphatic rings. The van der Waals surface area contributed by atoms with Gasteiger partial charge in [-0.2, -0.15) is 0 Å². The van der Waals surface area contributed by atoms with Crippen molar-refractivity contribution in [2.75, 3.05) is 37.8 Å². The lowest BCUT2D eigenvalue weighted by atomic mass is 10.2. The van der Waals surface area contributed by atoms with E-state index in [4.69, 9.17) is 16.6 Å².